The molecule has 1 aromatic heterocycles. The van der Waals surface area contributed by atoms with E-state index < -0.39 is 10.0 Å². The molecule has 98 valence electrons. The summed E-state index contributed by atoms with van der Waals surface area (Å²) in [6.07, 6.45) is 0. The molecular formula is C9H19N5O2S. The van der Waals surface area contributed by atoms with Crippen LogP contribution in [0.1, 0.15) is 18.3 Å². The predicted molar refractivity (Wildman–Crippen MR) is 64.7 cm³/mol. The number of hydrogen-bond acceptors (Lipinski definition) is 5. The average molecular weight is 261 g/mol. The number of nitrogens with zero attached hydrogens (tertiary/aromatic N) is 2. The molecule has 0 radical (unpaired) electrons. The van der Waals surface area contributed by atoms with Gasteiger partial charge in [0.15, 0.2) is 0 Å². The van der Waals surface area contributed by atoms with Crippen LogP contribution < -0.4 is 10.1 Å². The molecule has 0 aliphatic carbocycles. The van der Waals surface area contributed by atoms with Gasteiger partial charge in [-0.15, -0.1) is 4.83 Å². The van der Waals surface area contributed by atoms with E-state index in [2.05, 4.69) is 20.3 Å². The Morgan fingerprint density at radius 2 is 2.06 bits per heavy atom. The average Bonchev–Trinajstić information content (AvgIpc) is 2.55. The summed E-state index contributed by atoms with van der Waals surface area (Å²) in [5.74, 6) is 0. The van der Waals surface area contributed by atoms with Crippen molar-refractivity contribution in [3.05, 3.63) is 11.4 Å². The zero-order valence-electron chi connectivity index (χ0n) is 10.5. The standard InChI is InChI=1S/C9H19N5O2S/c1-5-10-6-8-9(7(2)11-12-8)17(15,16)13-14(3)4/h10,13H,5-6H2,1-4H3,(H,11,12). The van der Waals surface area contributed by atoms with Crippen LogP contribution >= 0.6 is 0 Å². The van der Waals surface area contributed by atoms with Crippen LogP contribution in [0.5, 0.6) is 0 Å². The summed E-state index contributed by atoms with van der Waals surface area (Å²) in [6, 6.07) is 0. The van der Waals surface area contributed by atoms with Crippen LogP contribution in [-0.4, -0.2) is 44.3 Å². The van der Waals surface area contributed by atoms with Gasteiger partial charge in [0.2, 0.25) is 0 Å². The fraction of sp³-hybridized carbons (Fsp3) is 0.667. The van der Waals surface area contributed by atoms with E-state index in [1.807, 2.05) is 6.92 Å². The third-order valence-corrected chi connectivity index (χ3v) is 3.76. The van der Waals surface area contributed by atoms with E-state index in [-0.39, 0.29) is 4.90 Å². The zero-order valence-corrected chi connectivity index (χ0v) is 11.3. The maximum atomic E-state index is 12.1. The molecule has 0 saturated carbocycles. The quantitative estimate of drug-likeness (QED) is 0.605. The number of nitrogens with one attached hydrogen (secondary N) is 3. The molecule has 8 heteroatoms. The highest BCUT2D eigenvalue weighted by molar-refractivity contribution is 7.89. The Bertz CT molecular complexity index is 466. The van der Waals surface area contributed by atoms with Crippen molar-refractivity contribution < 1.29 is 8.42 Å². The molecule has 0 saturated heterocycles. The van der Waals surface area contributed by atoms with E-state index in [9.17, 15) is 8.42 Å². The Labute approximate surface area is 102 Å². The van der Waals surface area contributed by atoms with Crippen LogP contribution in [0.4, 0.5) is 0 Å². The first-order valence-corrected chi connectivity index (χ1v) is 6.81. The van der Waals surface area contributed by atoms with Crippen LogP contribution in [0, 0.1) is 6.92 Å². The van der Waals surface area contributed by atoms with E-state index in [1.165, 1.54) is 5.01 Å². The second kappa shape index (κ2) is 5.58. The summed E-state index contributed by atoms with van der Waals surface area (Å²) in [7, 11) is -0.322. The molecule has 17 heavy (non-hydrogen) atoms. The van der Waals surface area contributed by atoms with Crippen LogP contribution in [-0.2, 0) is 16.6 Å². The summed E-state index contributed by atoms with van der Waals surface area (Å²) in [6.45, 7) is 4.81. The lowest BCUT2D eigenvalue weighted by atomic mass is 10.3. The maximum Gasteiger partial charge on any atom is 0.257 e. The molecule has 0 aliphatic rings. The lowest BCUT2D eigenvalue weighted by molar-refractivity contribution is 0.363. The van der Waals surface area contributed by atoms with Gasteiger partial charge in [-0.3, -0.25) is 5.10 Å². The van der Waals surface area contributed by atoms with Crippen LogP contribution in [0.25, 0.3) is 0 Å². The van der Waals surface area contributed by atoms with E-state index >= 15 is 0 Å². The van der Waals surface area contributed by atoms with Crippen molar-refractivity contribution in [3.63, 3.8) is 0 Å². The van der Waals surface area contributed by atoms with Crippen LogP contribution in [0.2, 0.25) is 0 Å². The molecule has 7 nitrogen and oxygen atoms in total. The third kappa shape index (κ3) is 3.50. The first-order valence-electron chi connectivity index (χ1n) is 5.32. The smallest absolute Gasteiger partial charge is 0.257 e. The fourth-order valence-corrected chi connectivity index (χ4v) is 2.92. The topological polar surface area (TPSA) is 90.1 Å². The molecule has 0 unspecified atom stereocenters. The molecule has 0 amide bonds. The number of hydrogen-bond donors (Lipinski definition) is 3. The summed E-state index contributed by atoms with van der Waals surface area (Å²) in [5, 5.41) is 11.1. The molecule has 0 spiro atoms. The number of aromatic amines is 1. The Morgan fingerprint density at radius 1 is 1.41 bits per heavy atom. The van der Waals surface area contributed by atoms with E-state index in [1.54, 1.807) is 21.0 Å². The fourth-order valence-electron chi connectivity index (χ4n) is 1.48. The molecular weight excluding hydrogens is 242 g/mol. The Hall–Kier alpha value is -0.960. The van der Waals surface area contributed by atoms with Crippen molar-refractivity contribution in [1.82, 2.24) is 25.4 Å². The van der Waals surface area contributed by atoms with Crippen molar-refractivity contribution in [1.29, 1.82) is 0 Å². The normalized spacial score (nSPS) is 12.3. The lowest BCUT2D eigenvalue weighted by Crippen LogP contribution is -2.36. The number of aromatic nitrogens is 2. The highest BCUT2D eigenvalue weighted by Gasteiger charge is 2.24. The molecule has 0 fully saturated rings. The molecule has 1 heterocycles. The van der Waals surface area contributed by atoms with Gasteiger partial charge in [0.1, 0.15) is 4.90 Å². The van der Waals surface area contributed by atoms with Crippen molar-refractivity contribution in [3.8, 4) is 0 Å². The van der Waals surface area contributed by atoms with Gasteiger partial charge < -0.3 is 5.32 Å². The molecule has 0 bridgehead atoms. The molecule has 0 aliphatic heterocycles. The number of aryl methyl sites for hydroxylation is 1. The molecule has 0 aromatic carbocycles. The Morgan fingerprint density at radius 3 is 2.59 bits per heavy atom. The highest BCUT2D eigenvalue weighted by atomic mass is 32.2. The van der Waals surface area contributed by atoms with Crippen LogP contribution in [0.3, 0.4) is 0 Å². The Kier molecular flexibility index (Phi) is 4.63. The lowest BCUT2D eigenvalue weighted by Gasteiger charge is -2.13. The van der Waals surface area contributed by atoms with Gasteiger partial charge in [0.05, 0.1) is 11.4 Å². The number of hydrazine groups is 1. The van der Waals surface area contributed by atoms with Gasteiger partial charge >= 0.3 is 0 Å². The number of H-pyrrole nitrogens is 1. The minimum absolute atomic E-state index is 0.215. The van der Waals surface area contributed by atoms with E-state index in [0.717, 1.165) is 6.54 Å². The molecule has 1 aromatic rings. The summed E-state index contributed by atoms with van der Waals surface area (Å²) >= 11 is 0. The molecule has 1 rings (SSSR count). The number of sulfonamides is 1. The monoisotopic (exact) mass is 261 g/mol. The molecule has 3 N–H and O–H groups in total. The maximum absolute atomic E-state index is 12.1. The van der Waals surface area contributed by atoms with Crippen molar-refractivity contribution >= 4 is 10.0 Å². The highest BCUT2D eigenvalue weighted by Crippen LogP contribution is 2.17. The van der Waals surface area contributed by atoms with Gasteiger partial charge in [-0.1, -0.05) is 6.92 Å². The number of rotatable bonds is 6. The molecule has 0 atom stereocenters. The Balaban J connectivity index is 3.07. The van der Waals surface area contributed by atoms with Crippen molar-refractivity contribution in [2.75, 3.05) is 20.6 Å². The largest absolute Gasteiger partial charge is 0.311 e. The van der Waals surface area contributed by atoms with Crippen molar-refractivity contribution in [2.24, 2.45) is 0 Å². The van der Waals surface area contributed by atoms with Gasteiger partial charge in [-0.2, -0.15) is 5.10 Å². The van der Waals surface area contributed by atoms with Gasteiger partial charge in [0.25, 0.3) is 10.0 Å². The predicted octanol–water partition coefficient (Wildman–Crippen LogP) is -0.417. The van der Waals surface area contributed by atoms with Crippen LogP contribution in [0.15, 0.2) is 4.90 Å². The first kappa shape index (κ1) is 14.1. The summed E-state index contributed by atoms with van der Waals surface area (Å²) < 4.78 is 24.1. The third-order valence-electron chi connectivity index (χ3n) is 2.08. The first-order chi connectivity index (χ1) is 7.88. The summed E-state index contributed by atoms with van der Waals surface area (Å²) in [5.41, 5.74) is 1.03. The van der Waals surface area contributed by atoms with Gasteiger partial charge in [0, 0.05) is 20.6 Å². The minimum atomic E-state index is -3.57. The second-order valence-electron chi connectivity index (χ2n) is 3.89. The van der Waals surface area contributed by atoms with E-state index in [4.69, 9.17) is 0 Å². The van der Waals surface area contributed by atoms with Gasteiger partial charge in [-0.25, -0.2) is 13.4 Å². The summed E-state index contributed by atoms with van der Waals surface area (Å²) in [4.78, 5) is 2.61. The zero-order chi connectivity index (χ0) is 13.1. The second-order valence-corrected chi connectivity index (χ2v) is 5.49. The SMILES string of the molecule is CCNCc1n[nH]c(C)c1S(=O)(=O)NN(C)C. The minimum Gasteiger partial charge on any atom is -0.311 e. The van der Waals surface area contributed by atoms with Gasteiger partial charge in [-0.05, 0) is 13.5 Å². The van der Waals surface area contributed by atoms with Crippen molar-refractivity contribution in [2.45, 2.75) is 25.3 Å². The van der Waals surface area contributed by atoms with E-state index in [0.29, 0.717) is 17.9 Å².